The highest BCUT2D eigenvalue weighted by Gasteiger charge is 2.01. The van der Waals surface area contributed by atoms with E-state index in [0.29, 0.717) is 18.1 Å². The predicted molar refractivity (Wildman–Crippen MR) is 60.6 cm³/mol. The monoisotopic (exact) mass is 227 g/mol. The highest BCUT2D eigenvalue weighted by molar-refractivity contribution is 6.30. The maximum atomic E-state index is 11.3. The molecule has 0 radical (unpaired) electrons. The van der Waals surface area contributed by atoms with Crippen LogP contribution in [0.2, 0.25) is 5.02 Å². The molecule has 0 aliphatic rings. The van der Waals surface area contributed by atoms with Gasteiger partial charge in [0.15, 0.2) is 6.54 Å². The van der Waals surface area contributed by atoms with E-state index < -0.39 is 0 Å². The molecule has 0 spiro atoms. The first-order chi connectivity index (χ1) is 7.22. The third kappa shape index (κ3) is 4.81. The number of nitrogens with one attached hydrogen (secondary N) is 1. The number of rotatable bonds is 5. The summed E-state index contributed by atoms with van der Waals surface area (Å²) >= 11 is 5.75. The van der Waals surface area contributed by atoms with Crippen LogP contribution in [0.3, 0.4) is 0 Å². The first-order valence-corrected chi connectivity index (χ1v) is 5.43. The van der Waals surface area contributed by atoms with Crippen LogP contribution in [-0.2, 0) is 11.3 Å². The highest BCUT2D eigenvalue weighted by atomic mass is 35.5. The number of nitrogens with two attached hydrogens (primary N) is 1. The van der Waals surface area contributed by atoms with Crippen molar-refractivity contribution in [3.63, 3.8) is 0 Å². The van der Waals surface area contributed by atoms with Gasteiger partial charge in [-0.2, -0.15) is 0 Å². The maximum absolute atomic E-state index is 11.3. The quantitative estimate of drug-likeness (QED) is 0.758. The van der Waals surface area contributed by atoms with E-state index >= 15 is 0 Å². The van der Waals surface area contributed by atoms with Gasteiger partial charge in [0.05, 0.1) is 6.54 Å². The lowest BCUT2D eigenvalue weighted by molar-refractivity contribution is -0.640. The Kier molecular flexibility index (Phi) is 5.15. The topological polar surface area (TPSA) is 45.7 Å². The van der Waals surface area contributed by atoms with Gasteiger partial charge in [-0.3, -0.25) is 4.79 Å². The van der Waals surface area contributed by atoms with Gasteiger partial charge >= 0.3 is 0 Å². The van der Waals surface area contributed by atoms with Gasteiger partial charge in [-0.15, -0.1) is 0 Å². The van der Waals surface area contributed by atoms with Gasteiger partial charge in [0, 0.05) is 11.6 Å². The van der Waals surface area contributed by atoms with Crippen LogP contribution in [0.4, 0.5) is 0 Å². The van der Waals surface area contributed by atoms with Crippen LogP contribution in [0, 0.1) is 0 Å². The van der Waals surface area contributed by atoms with Gasteiger partial charge in [0.25, 0.3) is 5.91 Å². The number of carbonyl (C=O) groups excluding carboxylic acids is 1. The second-order valence-corrected chi connectivity index (χ2v) is 3.74. The molecular weight excluding hydrogens is 212 g/mol. The van der Waals surface area contributed by atoms with E-state index in [-0.39, 0.29) is 5.91 Å². The summed E-state index contributed by atoms with van der Waals surface area (Å²) in [6.07, 6.45) is 0. The molecule has 0 aromatic heterocycles. The lowest BCUT2D eigenvalue weighted by Crippen LogP contribution is -2.86. The number of amides is 1. The van der Waals surface area contributed by atoms with E-state index in [4.69, 9.17) is 11.6 Å². The molecule has 1 amide bonds. The molecule has 0 heterocycles. The number of carbonyl (C=O) groups is 1. The molecule has 3 nitrogen and oxygen atoms in total. The van der Waals surface area contributed by atoms with Gasteiger partial charge in [-0.1, -0.05) is 23.7 Å². The van der Waals surface area contributed by atoms with Gasteiger partial charge in [0.2, 0.25) is 0 Å². The van der Waals surface area contributed by atoms with Crippen LogP contribution >= 0.6 is 11.6 Å². The minimum absolute atomic E-state index is 0.0619. The molecule has 0 bridgehead atoms. The molecule has 3 N–H and O–H groups in total. The van der Waals surface area contributed by atoms with Crippen LogP contribution in [0.1, 0.15) is 12.5 Å². The molecule has 0 saturated heterocycles. The van der Waals surface area contributed by atoms with Crippen LogP contribution in [0.5, 0.6) is 0 Å². The number of hydrogen-bond donors (Lipinski definition) is 2. The molecule has 0 unspecified atom stereocenters. The molecule has 82 valence electrons. The average molecular weight is 228 g/mol. The van der Waals surface area contributed by atoms with Crippen molar-refractivity contribution >= 4 is 17.5 Å². The smallest absolute Gasteiger partial charge is 0.275 e. The molecule has 0 fully saturated rings. The number of quaternary nitrogens is 1. The molecule has 1 rings (SSSR count). The van der Waals surface area contributed by atoms with E-state index in [1.54, 1.807) is 0 Å². The predicted octanol–water partition coefficient (Wildman–Crippen LogP) is 0.539. The number of hydrogen-bond acceptors (Lipinski definition) is 1. The zero-order chi connectivity index (χ0) is 11.1. The third-order valence-corrected chi connectivity index (χ3v) is 2.27. The van der Waals surface area contributed by atoms with E-state index in [1.165, 1.54) is 0 Å². The fraction of sp³-hybridized carbons (Fsp3) is 0.364. The van der Waals surface area contributed by atoms with Gasteiger partial charge < -0.3 is 10.6 Å². The molecule has 0 aliphatic carbocycles. The summed E-state index contributed by atoms with van der Waals surface area (Å²) in [5.74, 6) is 0.0619. The minimum Gasteiger partial charge on any atom is -0.347 e. The fourth-order valence-electron chi connectivity index (χ4n) is 1.15. The Morgan fingerprint density at radius 2 is 2.07 bits per heavy atom. The lowest BCUT2D eigenvalue weighted by atomic mass is 10.2. The van der Waals surface area contributed by atoms with Crippen LogP contribution in [0.25, 0.3) is 0 Å². The number of benzene rings is 1. The number of likely N-dealkylation sites (N-methyl/N-ethyl adjacent to an activating group) is 1. The highest BCUT2D eigenvalue weighted by Crippen LogP contribution is 2.08. The zero-order valence-corrected chi connectivity index (χ0v) is 9.55. The first kappa shape index (κ1) is 12.0. The molecule has 1 aromatic carbocycles. The van der Waals surface area contributed by atoms with E-state index in [2.05, 4.69) is 5.32 Å². The summed E-state index contributed by atoms with van der Waals surface area (Å²) in [6.45, 7) is 4.00. The molecule has 0 saturated carbocycles. The lowest BCUT2D eigenvalue weighted by Gasteiger charge is -2.04. The molecule has 0 aliphatic heterocycles. The maximum Gasteiger partial charge on any atom is 0.275 e. The molecule has 4 heteroatoms. The Hall–Kier alpha value is -1.06. The molecular formula is C11H16ClN2O+. The summed E-state index contributed by atoms with van der Waals surface area (Å²) < 4.78 is 0. The van der Waals surface area contributed by atoms with Crippen molar-refractivity contribution in [1.29, 1.82) is 0 Å². The summed E-state index contributed by atoms with van der Waals surface area (Å²) in [6, 6.07) is 7.46. The standard InChI is InChI=1S/C11H15ClN2O/c1-2-13-8-11(15)14-7-9-3-5-10(12)6-4-9/h3-6,13H,2,7-8H2,1H3,(H,14,15)/p+1. The first-order valence-electron chi connectivity index (χ1n) is 5.05. The van der Waals surface area contributed by atoms with Gasteiger partial charge in [-0.05, 0) is 24.6 Å². The van der Waals surface area contributed by atoms with Crippen molar-refractivity contribution in [2.45, 2.75) is 13.5 Å². The second-order valence-electron chi connectivity index (χ2n) is 3.30. The average Bonchev–Trinajstić information content (AvgIpc) is 2.25. The Bertz CT molecular complexity index is 311. The third-order valence-electron chi connectivity index (χ3n) is 2.02. The Morgan fingerprint density at radius 3 is 2.67 bits per heavy atom. The van der Waals surface area contributed by atoms with Gasteiger partial charge in [-0.25, -0.2) is 0 Å². The fourth-order valence-corrected chi connectivity index (χ4v) is 1.28. The van der Waals surface area contributed by atoms with Crippen molar-refractivity contribution in [3.8, 4) is 0 Å². The number of halogens is 1. The van der Waals surface area contributed by atoms with Gasteiger partial charge in [0.1, 0.15) is 0 Å². The van der Waals surface area contributed by atoms with Crippen LogP contribution < -0.4 is 10.6 Å². The largest absolute Gasteiger partial charge is 0.347 e. The summed E-state index contributed by atoms with van der Waals surface area (Å²) in [7, 11) is 0. The van der Waals surface area contributed by atoms with Crippen molar-refractivity contribution in [2.24, 2.45) is 0 Å². The van der Waals surface area contributed by atoms with E-state index in [0.717, 1.165) is 12.1 Å². The van der Waals surface area contributed by atoms with E-state index in [9.17, 15) is 4.79 Å². The van der Waals surface area contributed by atoms with Crippen molar-refractivity contribution in [1.82, 2.24) is 5.32 Å². The zero-order valence-electron chi connectivity index (χ0n) is 8.79. The van der Waals surface area contributed by atoms with Crippen LogP contribution in [0.15, 0.2) is 24.3 Å². The molecule has 0 atom stereocenters. The van der Waals surface area contributed by atoms with Crippen molar-refractivity contribution < 1.29 is 10.1 Å². The van der Waals surface area contributed by atoms with E-state index in [1.807, 2.05) is 36.5 Å². The summed E-state index contributed by atoms with van der Waals surface area (Å²) in [5.41, 5.74) is 1.06. The SMILES string of the molecule is CC[NH2+]CC(=O)NCc1ccc(Cl)cc1. The summed E-state index contributed by atoms with van der Waals surface area (Å²) in [4.78, 5) is 11.3. The van der Waals surface area contributed by atoms with Crippen LogP contribution in [-0.4, -0.2) is 19.0 Å². The second kappa shape index (κ2) is 6.43. The Labute approximate surface area is 94.8 Å². The van der Waals surface area contributed by atoms with Crippen molar-refractivity contribution in [2.75, 3.05) is 13.1 Å². The minimum atomic E-state index is 0.0619. The Morgan fingerprint density at radius 1 is 1.40 bits per heavy atom. The van der Waals surface area contributed by atoms with Crippen molar-refractivity contribution in [3.05, 3.63) is 34.9 Å². The molecule has 1 aromatic rings. The summed E-state index contributed by atoms with van der Waals surface area (Å²) in [5, 5.41) is 5.51. The molecule has 15 heavy (non-hydrogen) atoms. The Balaban J connectivity index is 2.30. The normalized spacial score (nSPS) is 10.0.